The summed E-state index contributed by atoms with van der Waals surface area (Å²) in [6.45, 7) is 0. The highest BCUT2D eigenvalue weighted by Crippen LogP contribution is 2.61. The van der Waals surface area contributed by atoms with E-state index in [4.69, 9.17) is 11.6 Å². The predicted molar refractivity (Wildman–Crippen MR) is 43.8 cm³/mol. The van der Waals surface area contributed by atoms with Gasteiger partial charge in [-0.25, -0.2) is 4.79 Å². The van der Waals surface area contributed by atoms with Crippen LogP contribution in [0.2, 0.25) is 0 Å². The fraction of sp³-hybridized carbons (Fsp3) is 0.556. The van der Waals surface area contributed by atoms with Crippen molar-refractivity contribution in [2.24, 2.45) is 11.3 Å². The molecule has 3 rings (SSSR count). The molecule has 4 heteroatoms. The van der Waals surface area contributed by atoms with E-state index in [0.717, 1.165) is 12.8 Å². The highest BCUT2D eigenvalue weighted by molar-refractivity contribution is 6.34. The van der Waals surface area contributed by atoms with Crippen LogP contribution in [0.1, 0.15) is 19.3 Å². The molecule has 1 saturated carbocycles. The second-order valence-corrected chi connectivity index (χ2v) is 4.33. The predicted octanol–water partition coefficient (Wildman–Crippen LogP) is 1.36. The van der Waals surface area contributed by atoms with Crippen molar-refractivity contribution in [2.45, 2.75) is 19.3 Å². The SMILES string of the molecule is O=C1OC(=O)C23CCC(C2)C(Cl)=C13. The minimum absolute atomic E-state index is 0.230. The normalized spacial score (nSPS) is 41.5. The first-order valence-electron chi connectivity index (χ1n) is 4.32. The molecule has 3 aliphatic rings. The summed E-state index contributed by atoms with van der Waals surface area (Å²) >= 11 is 5.99. The van der Waals surface area contributed by atoms with Crippen molar-refractivity contribution in [3.05, 3.63) is 10.6 Å². The summed E-state index contributed by atoms with van der Waals surface area (Å²) in [5, 5.41) is 0.571. The molecule has 2 atom stereocenters. The van der Waals surface area contributed by atoms with E-state index in [-0.39, 0.29) is 11.9 Å². The van der Waals surface area contributed by atoms with Crippen LogP contribution < -0.4 is 0 Å². The number of allylic oxidation sites excluding steroid dienone is 1. The van der Waals surface area contributed by atoms with Gasteiger partial charge in [-0.2, -0.15) is 0 Å². The fourth-order valence-corrected chi connectivity index (χ4v) is 3.18. The number of hydrogen-bond acceptors (Lipinski definition) is 3. The summed E-state index contributed by atoms with van der Waals surface area (Å²) in [6, 6.07) is 0. The first-order valence-corrected chi connectivity index (χ1v) is 4.70. The lowest BCUT2D eigenvalue weighted by atomic mass is 9.82. The number of carbonyl (C=O) groups excluding carboxylic acids is 2. The highest BCUT2D eigenvalue weighted by atomic mass is 35.5. The van der Waals surface area contributed by atoms with Crippen molar-refractivity contribution in [3.63, 3.8) is 0 Å². The van der Waals surface area contributed by atoms with Crippen LogP contribution in [0.5, 0.6) is 0 Å². The topological polar surface area (TPSA) is 43.4 Å². The van der Waals surface area contributed by atoms with E-state index in [2.05, 4.69) is 4.74 Å². The van der Waals surface area contributed by atoms with Gasteiger partial charge in [0.25, 0.3) is 0 Å². The maximum Gasteiger partial charge on any atom is 0.344 e. The van der Waals surface area contributed by atoms with E-state index in [1.165, 1.54) is 0 Å². The average Bonchev–Trinajstić information content (AvgIpc) is 2.66. The average molecular weight is 199 g/mol. The second kappa shape index (κ2) is 1.98. The Bertz CT molecular complexity index is 371. The molecule has 1 heterocycles. The molecule has 0 aromatic heterocycles. The van der Waals surface area contributed by atoms with Gasteiger partial charge in [-0.3, -0.25) is 4.79 Å². The van der Waals surface area contributed by atoms with Crippen molar-refractivity contribution >= 4 is 23.5 Å². The molecular weight excluding hydrogens is 192 g/mol. The van der Waals surface area contributed by atoms with Crippen molar-refractivity contribution in [3.8, 4) is 0 Å². The summed E-state index contributed by atoms with van der Waals surface area (Å²) in [5.41, 5.74) is -0.186. The molecule has 2 unspecified atom stereocenters. The van der Waals surface area contributed by atoms with Crippen LogP contribution in [0.3, 0.4) is 0 Å². The third kappa shape index (κ3) is 0.645. The van der Waals surface area contributed by atoms with Gasteiger partial charge in [0.15, 0.2) is 0 Å². The Kier molecular flexibility index (Phi) is 1.15. The zero-order valence-electron chi connectivity index (χ0n) is 6.80. The number of carbonyl (C=O) groups is 2. The lowest BCUT2D eigenvalue weighted by Gasteiger charge is -2.15. The Morgan fingerprint density at radius 3 is 2.92 bits per heavy atom. The molecule has 1 spiro atoms. The minimum Gasteiger partial charge on any atom is -0.389 e. The maximum absolute atomic E-state index is 11.5. The van der Waals surface area contributed by atoms with Crippen LogP contribution in [0, 0.1) is 11.3 Å². The first-order chi connectivity index (χ1) is 6.15. The standard InChI is InChI=1S/C9H7ClO3/c10-6-4-1-2-9(3-4)5(6)7(11)13-8(9)12/h4H,1-3H2. The van der Waals surface area contributed by atoms with E-state index in [1.807, 2.05) is 0 Å². The van der Waals surface area contributed by atoms with Gasteiger partial charge in [0.05, 0.1) is 5.57 Å². The highest BCUT2D eigenvalue weighted by Gasteiger charge is 2.63. The first kappa shape index (κ1) is 7.56. The summed E-state index contributed by atoms with van der Waals surface area (Å²) in [5.74, 6) is -0.670. The number of hydrogen-bond donors (Lipinski definition) is 0. The van der Waals surface area contributed by atoms with Crippen LogP contribution >= 0.6 is 11.6 Å². The van der Waals surface area contributed by atoms with Crippen LogP contribution in [-0.2, 0) is 14.3 Å². The Hall–Kier alpha value is -0.830. The molecular formula is C9H7ClO3. The quantitative estimate of drug-likeness (QED) is 0.436. The van der Waals surface area contributed by atoms with Gasteiger partial charge in [-0.15, -0.1) is 0 Å². The third-order valence-corrected chi connectivity index (χ3v) is 3.87. The third-order valence-electron chi connectivity index (χ3n) is 3.37. The molecule has 0 N–H and O–H groups in total. The van der Waals surface area contributed by atoms with Gasteiger partial charge >= 0.3 is 11.9 Å². The molecule has 0 radical (unpaired) electrons. The Balaban J connectivity index is 2.27. The van der Waals surface area contributed by atoms with Crippen LogP contribution in [-0.4, -0.2) is 11.9 Å². The van der Waals surface area contributed by atoms with Crippen LogP contribution in [0.15, 0.2) is 10.6 Å². The molecule has 1 saturated heterocycles. The lowest BCUT2D eigenvalue weighted by Crippen LogP contribution is -2.22. The lowest BCUT2D eigenvalue weighted by molar-refractivity contribution is -0.155. The number of esters is 2. The zero-order chi connectivity index (χ0) is 9.22. The van der Waals surface area contributed by atoms with Gasteiger partial charge in [0.1, 0.15) is 5.41 Å². The van der Waals surface area contributed by atoms with Gasteiger partial charge in [-0.1, -0.05) is 11.6 Å². The molecule has 68 valence electrons. The molecule has 0 aromatic rings. The fourth-order valence-electron chi connectivity index (χ4n) is 2.73. The van der Waals surface area contributed by atoms with Crippen LogP contribution in [0.25, 0.3) is 0 Å². The summed E-state index contributed by atoms with van der Waals surface area (Å²) < 4.78 is 4.60. The summed E-state index contributed by atoms with van der Waals surface area (Å²) in [6.07, 6.45) is 2.32. The molecule has 0 amide bonds. The molecule has 2 fully saturated rings. The zero-order valence-corrected chi connectivity index (χ0v) is 7.56. The monoisotopic (exact) mass is 198 g/mol. The number of fused-ring (bicyclic) bond motifs is 1. The molecule has 0 aromatic carbocycles. The molecule has 1 aliphatic heterocycles. The van der Waals surface area contributed by atoms with Gasteiger partial charge < -0.3 is 4.74 Å². The maximum atomic E-state index is 11.5. The summed E-state index contributed by atoms with van der Waals surface area (Å²) in [7, 11) is 0. The number of cyclic esters (lactones) is 2. The Labute approximate surface area is 79.7 Å². The minimum atomic E-state index is -0.640. The number of rotatable bonds is 0. The smallest absolute Gasteiger partial charge is 0.344 e. The molecule has 2 bridgehead atoms. The number of halogens is 1. The number of ether oxygens (including phenoxy) is 1. The largest absolute Gasteiger partial charge is 0.389 e. The van der Waals surface area contributed by atoms with Gasteiger partial charge in [-0.05, 0) is 25.2 Å². The summed E-state index contributed by atoms with van der Waals surface area (Å²) in [4.78, 5) is 22.7. The van der Waals surface area contributed by atoms with E-state index in [0.29, 0.717) is 17.0 Å². The Morgan fingerprint density at radius 2 is 2.23 bits per heavy atom. The Morgan fingerprint density at radius 1 is 1.46 bits per heavy atom. The van der Waals surface area contributed by atoms with Crippen LogP contribution in [0.4, 0.5) is 0 Å². The van der Waals surface area contributed by atoms with Crippen molar-refractivity contribution < 1.29 is 14.3 Å². The van der Waals surface area contributed by atoms with Gasteiger partial charge in [0, 0.05) is 5.03 Å². The van der Waals surface area contributed by atoms with E-state index in [1.54, 1.807) is 0 Å². The van der Waals surface area contributed by atoms with Crippen molar-refractivity contribution in [2.75, 3.05) is 0 Å². The van der Waals surface area contributed by atoms with E-state index in [9.17, 15) is 9.59 Å². The van der Waals surface area contributed by atoms with Gasteiger partial charge in [0.2, 0.25) is 0 Å². The molecule has 3 nitrogen and oxygen atoms in total. The van der Waals surface area contributed by atoms with E-state index >= 15 is 0 Å². The second-order valence-electron chi connectivity index (χ2n) is 3.92. The molecule has 13 heavy (non-hydrogen) atoms. The molecule has 2 aliphatic carbocycles. The van der Waals surface area contributed by atoms with Crippen molar-refractivity contribution in [1.82, 2.24) is 0 Å². The van der Waals surface area contributed by atoms with E-state index < -0.39 is 11.4 Å². The van der Waals surface area contributed by atoms with Crippen molar-refractivity contribution in [1.29, 1.82) is 0 Å².